The second-order valence-electron chi connectivity index (χ2n) is 3.19. The highest BCUT2D eigenvalue weighted by molar-refractivity contribution is 6.50. The zero-order valence-electron chi connectivity index (χ0n) is 9.04. The van der Waals surface area contributed by atoms with E-state index in [0.29, 0.717) is 5.56 Å². The highest BCUT2D eigenvalue weighted by atomic mass is 19.5. The van der Waals surface area contributed by atoms with Gasteiger partial charge in [0.2, 0.25) is 0 Å². The molecule has 0 saturated carbocycles. The van der Waals surface area contributed by atoms with Crippen LogP contribution in [-0.4, -0.2) is 23.6 Å². The number of rotatable bonds is 3. The molecule has 0 aliphatic heterocycles. The van der Waals surface area contributed by atoms with Crippen LogP contribution in [0.5, 0.6) is 0 Å². The molecular formula is C10H11BF4O2. The van der Waals surface area contributed by atoms with Gasteiger partial charge in [-0.15, -0.1) is 0 Å². The molecule has 0 fully saturated rings. The Kier molecular flexibility index (Phi) is 6.16. The first-order chi connectivity index (χ1) is 7.70. The van der Waals surface area contributed by atoms with Crippen molar-refractivity contribution in [2.75, 3.05) is 0 Å². The maximum atomic E-state index is 10.6. The second kappa shape index (κ2) is 6.83. The first kappa shape index (κ1) is 15.3. The van der Waals surface area contributed by atoms with Gasteiger partial charge in [0.05, 0.1) is 5.56 Å². The average Bonchev–Trinajstić information content (AvgIpc) is 2.15. The van der Waals surface area contributed by atoms with Gasteiger partial charge in [0.25, 0.3) is 0 Å². The first-order valence-electron chi connectivity index (χ1n) is 4.67. The molecule has 1 N–H and O–H groups in total. The summed E-state index contributed by atoms with van der Waals surface area (Å²) in [6.45, 7) is 1.46. The van der Waals surface area contributed by atoms with Crippen molar-refractivity contribution >= 4 is 18.8 Å². The fourth-order valence-electron chi connectivity index (χ4n) is 0.968. The standard InChI is InChI=1S/C10H10O2.BF4/c1-8(11)7-10(12)9-5-3-2-4-6-9;2-1(3,4)5/h2-6H,7H2,1H3;/q;-1/p+1. The van der Waals surface area contributed by atoms with Crippen molar-refractivity contribution in [2.45, 2.75) is 13.3 Å². The number of hydrogen-bond donors (Lipinski definition) is 0. The predicted octanol–water partition coefficient (Wildman–Crippen LogP) is 2.86. The third-order valence-electron chi connectivity index (χ3n) is 1.52. The molecule has 0 aliphatic rings. The Morgan fingerprint density at radius 1 is 1.18 bits per heavy atom. The Morgan fingerprint density at radius 2 is 1.59 bits per heavy atom. The lowest BCUT2D eigenvalue weighted by atomic mass is 10.1. The quantitative estimate of drug-likeness (QED) is 0.267. The number of carbonyl (C=O) groups excluding carboxylic acids is 2. The molecule has 0 aliphatic carbocycles. The molecule has 0 saturated heterocycles. The molecule has 94 valence electrons. The topological polar surface area (TPSA) is 38.5 Å². The van der Waals surface area contributed by atoms with Crippen molar-refractivity contribution in [3.8, 4) is 0 Å². The molecule has 17 heavy (non-hydrogen) atoms. The maximum absolute atomic E-state index is 10.6. The Hall–Kier alpha value is -1.66. The van der Waals surface area contributed by atoms with Gasteiger partial charge in [0, 0.05) is 0 Å². The zero-order chi connectivity index (χ0) is 13.5. The summed E-state index contributed by atoms with van der Waals surface area (Å²) in [5.74, 6) is 0.111. The summed E-state index contributed by atoms with van der Waals surface area (Å²) >= 11 is 0. The van der Waals surface area contributed by atoms with E-state index in [-0.39, 0.29) is 18.0 Å². The summed E-state index contributed by atoms with van der Waals surface area (Å²) < 4.78 is 39.0. The van der Waals surface area contributed by atoms with E-state index in [1.165, 1.54) is 6.92 Å². The van der Waals surface area contributed by atoms with Crippen LogP contribution in [0.15, 0.2) is 30.3 Å². The maximum Gasteiger partial charge on any atom is 0.673 e. The second-order valence-corrected chi connectivity index (χ2v) is 3.19. The zero-order valence-corrected chi connectivity index (χ0v) is 9.04. The van der Waals surface area contributed by atoms with Crippen LogP contribution in [0.4, 0.5) is 17.3 Å². The highest BCUT2D eigenvalue weighted by Gasteiger charge is 2.20. The van der Waals surface area contributed by atoms with E-state index in [9.17, 15) is 26.9 Å². The van der Waals surface area contributed by atoms with Crippen LogP contribution in [0.25, 0.3) is 0 Å². The van der Waals surface area contributed by atoms with Crippen LogP contribution in [0, 0.1) is 0 Å². The highest BCUT2D eigenvalue weighted by Crippen LogP contribution is 2.06. The van der Waals surface area contributed by atoms with Gasteiger partial charge in [-0.3, -0.25) is 9.59 Å². The minimum absolute atomic E-state index is 0.0312. The Bertz CT molecular complexity index is 370. The SMILES string of the molecule is CC(=O)CC(=[OH+])c1ccccc1.F[B-](F)(F)F. The number of hydrogen-bond acceptors (Lipinski definition) is 1. The van der Waals surface area contributed by atoms with Crippen molar-refractivity contribution in [2.24, 2.45) is 0 Å². The monoisotopic (exact) mass is 250 g/mol. The van der Waals surface area contributed by atoms with Gasteiger partial charge in [-0.05, 0) is 19.1 Å². The lowest BCUT2D eigenvalue weighted by Crippen LogP contribution is -2.05. The summed E-state index contributed by atoms with van der Waals surface area (Å²) in [7, 11) is -6.00. The molecule has 7 heteroatoms. The Balaban J connectivity index is 0.000000437. The van der Waals surface area contributed by atoms with Crippen LogP contribution in [0.1, 0.15) is 18.9 Å². The smallest absolute Gasteiger partial charge is 0.418 e. The van der Waals surface area contributed by atoms with Crippen LogP contribution < -0.4 is 0 Å². The lowest BCUT2D eigenvalue weighted by molar-refractivity contribution is -0.115. The third-order valence-corrected chi connectivity index (χ3v) is 1.52. The van der Waals surface area contributed by atoms with Gasteiger partial charge in [0.15, 0.2) is 0 Å². The van der Waals surface area contributed by atoms with E-state index >= 15 is 0 Å². The predicted molar refractivity (Wildman–Crippen MR) is 58.0 cm³/mol. The average molecular weight is 250 g/mol. The third kappa shape index (κ3) is 10.6. The summed E-state index contributed by atoms with van der Waals surface area (Å²) in [6.07, 6.45) is 0.115. The largest absolute Gasteiger partial charge is 0.673 e. The van der Waals surface area contributed by atoms with Gasteiger partial charge in [0.1, 0.15) is 12.2 Å². The molecule has 0 radical (unpaired) electrons. The van der Waals surface area contributed by atoms with Crippen molar-refractivity contribution in [3.05, 3.63) is 35.9 Å². The minimum atomic E-state index is -6.00. The lowest BCUT2D eigenvalue weighted by Gasteiger charge is -1.94. The van der Waals surface area contributed by atoms with E-state index in [0.717, 1.165) is 0 Å². The molecule has 2 nitrogen and oxygen atoms in total. The van der Waals surface area contributed by atoms with E-state index in [2.05, 4.69) is 0 Å². The Labute approximate surface area is 95.7 Å². The fraction of sp³-hybridized carbons (Fsp3) is 0.200. The van der Waals surface area contributed by atoms with E-state index < -0.39 is 7.25 Å². The molecule has 0 spiro atoms. The summed E-state index contributed by atoms with van der Waals surface area (Å²) in [5.41, 5.74) is 0.715. The van der Waals surface area contributed by atoms with Gasteiger partial charge in [-0.25, -0.2) is 0 Å². The summed E-state index contributed by atoms with van der Waals surface area (Å²) in [5, 5.41) is 0. The number of halogens is 4. The van der Waals surface area contributed by atoms with Gasteiger partial charge in [-0.1, -0.05) is 18.2 Å². The first-order valence-corrected chi connectivity index (χ1v) is 4.67. The van der Waals surface area contributed by atoms with E-state index in [4.69, 9.17) is 0 Å². The number of carbonyl (C=O) groups is 1. The van der Waals surface area contributed by atoms with Crippen LogP contribution >= 0.6 is 0 Å². The molecule has 0 heterocycles. The van der Waals surface area contributed by atoms with E-state index in [1.807, 2.05) is 18.2 Å². The van der Waals surface area contributed by atoms with Crippen LogP contribution in [0.3, 0.4) is 0 Å². The number of benzene rings is 1. The summed E-state index contributed by atoms with van der Waals surface area (Å²) in [4.78, 5) is 20.0. The van der Waals surface area contributed by atoms with Gasteiger partial charge < -0.3 is 17.3 Å². The van der Waals surface area contributed by atoms with Gasteiger partial charge >= 0.3 is 13.0 Å². The van der Waals surface area contributed by atoms with E-state index in [1.54, 1.807) is 12.1 Å². The molecule has 0 amide bonds. The molecule has 1 aromatic rings. The molecule has 1 aromatic carbocycles. The van der Waals surface area contributed by atoms with Gasteiger partial charge in [-0.2, -0.15) is 0 Å². The number of ketones is 2. The minimum Gasteiger partial charge on any atom is -0.418 e. The molecule has 0 atom stereocenters. The molecule has 0 bridgehead atoms. The van der Waals surface area contributed by atoms with Crippen LogP contribution in [0.2, 0.25) is 0 Å². The van der Waals surface area contributed by atoms with Crippen molar-refractivity contribution in [3.63, 3.8) is 0 Å². The molecule has 0 unspecified atom stereocenters. The van der Waals surface area contributed by atoms with Crippen molar-refractivity contribution < 1.29 is 26.9 Å². The fourth-order valence-corrected chi connectivity index (χ4v) is 0.968. The Morgan fingerprint density at radius 3 is 1.94 bits per heavy atom. The summed E-state index contributed by atoms with van der Waals surface area (Å²) in [6, 6.07) is 9.07. The van der Waals surface area contributed by atoms with Crippen molar-refractivity contribution in [1.82, 2.24) is 0 Å². The normalized spacial score (nSPS) is 10.2. The van der Waals surface area contributed by atoms with Crippen LogP contribution in [-0.2, 0) is 4.79 Å². The number of Topliss-reactive ketones (excluding diaryl/α,β-unsaturated/α-hetero) is 1. The molecular weight excluding hydrogens is 239 g/mol. The van der Waals surface area contributed by atoms with Crippen molar-refractivity contribution in [1.29, 1.82) is 0 Å². The molecule has 0 aromatic heterocycles. The molecule has 1 rings (SSSR count).